The Kier molecular flexibility index (Phi) is 3.74. The highest BCUT2D eigenvalue weighted by Gasteiger charge is 2.09. The summed E-state index contributed by atoms with van der Waals surface area (Å²) in [4.78, 5) is 0. The van der Waals surface area contributed by atoms with Crippen LogP contribution in [0.4, 0.5) is 5.69 Å². The van der Waals surface area contributed by atoms with Crippen molar-refractivity contribution in [2.75, 3.05) is 5.73 Å². The van der Waals surface area contributed by atoms with Crippen molar-refractivity contribution < 1.29 is 0 Å². The molecule has 0 spiro atoms. The minimum absolute atomic E-state index is 0.831. The molecule has 0 saturated heterocycles. The van der Waals surface area contributed by atoms with Crippen LogP contribution in [0.2, 0.25) is 0 Å². The third-order valence-corrected chi connectivity index (χ3v) is 3.75. The van der Waals surface area contributed by atoms with Gasteiger partial charge in [0.25, 0.3) is 0 Å². The summed E-state index contributed by atoms with van der Waals surface area (Å²) in [6.07, 6.45) is 0.921. The highest BCUT2D eigenvalue weighted by atomic mass is 14.6. The quantitative estimate of drug-likeness (QED) is 0.679. The van der Waals surface area contributed by atoms with Crippen molar-refractivity contribution >= 4 is 5.69 Å². The van der Waals surface area contributed by atoms with Crippen molar-refractivity contribution in [3.05, 3.63) is 89.5 Å². The van der Waals surface area contributed by atoms with E-state index in [1.165, 1.54) is 22.3 Å². The van der Waals surface area contributed by atoms with E-state index in [9.17, 15) is 0 Å². The van der Waals surface area contributed by atoms with E-state index in [0.717, 1.165) is 17.7 Å². The Morgan fingerprint density at radius 3 is 2.24 bits per heavy atom. The molecule has 0 atom stereocenters. The van der Waals surface area contributed by atoms with Gasteiger partial charge in [-0.25, -0.2) is 0 Å². The minimum atomic E-state index is 0.831. The molecule has 104 valence electrons. The van der Waals surface area contributed by atoms with Crippen LogP contribution in [-0.2, 0) is 6.42 Å². The maximum atomic E-state index is 6.16. The lowest BCUT2D eigenvalue weighted by atomic mass is 9.92. The third kappa shape index (κ3) is 2.97. The SMILES string of the molecule is Cc1ccc(Cc2ccccc2)c(-c2ccccc2N)c1. The Bertz CT molecular complexity index is 745. The second-order valence-electron chi connectivity index (χ2n) is 5.41. The van der Waals surface area contributed by atoms with E-state index in [0.29, 0.717) is 0 Å². The Balaban J connectivity index is 2.08. The van der Waals surface area contributed by atoms with Crippen LogP contribution in [-0.4, -0.2) is 0 Å². The van der Waals surface area contributed by atoms with Crippen LogP contribution in [0.25, 0.3) is 11.1 Å². The Morgan fingerprint density at radius 2 is 1.48 bits per heavy atom. The van der Waals surface area contributed by atoms with Gasteiger partial charge in [0.05, 0.1) is 0 Å². The molecule has 0 radical (unpaired) electrons. The van der Waals surface area contributed by atoms with E-state index in [4.69, 9.17) is 5.73 Å². The molecular weight excluding hydrogens is 254 g/mol. The van der Waals surface area contributed by atoms with Gasteiger partial charge in [-0.3, -0.25) is 0 Å². The number of hydrogen-bond acceptors (Lipinski definition) is 1. The van der Waals surface area contributed by atoms with Crippen LogP contribution in [0.3, 0.4) is 0 Å². The first-order valence-corrected chi connectivity index (χ1v) is 7.22. The zero-order valence-corrected chi connectivity index (χ0v) is 12.2. The first-order chi connectivity index (χ1) is 10.2. The predicted molar refractivity (Wildman–Crippen MR) is 90.3 cm³/mol. The normalized spacial score (nSPS) is 10.5. The largest absolute Gasteiger partial charge is 0.398 e. The molecule has 0 amide bonds. The average Bonchev–Trinajstić information content (AvgIpc) is 2.51. The number of benzene rings is 3. The van der Waals surface area contributed by atoms with Crippen LogP contribution >= 0.6 is 0 Å². The summed E-state index contributed by atoms with van der Waals surface area (Å²) in [5.74, 6) is 0. The van der Waals surface area contributed by atoms with Crippen LogP contribution in [0.5, 0.6) is 0 Å². The van der Waals surface area contributed by atoms with E-state index in [1.54, 1.807) is 0 Å². The molecule has 3 rings (SSSR count). The molecule has 0 aliphatic carbocycles. The molecular formula is C20H19N. The van der Waals surface area contributed by atoms with Crippen molar-refractivity contribution in [2.24, 2.45) is 0 Å². The summed E-state index contributed by atoms with van der Waals surface area (Å²) in [6, 6.07) is 25.2. The first-order valence-electron chi connectivity index (χ1n) is 7.22. The van der Waals surface area contributed by atoms with Crippen molar-refractivity contribution in [3.8, 4) is 11.1 Å². The summed E-state index contributed by atoms with van der Waals surface area (Å²) in [7, 11) is 0. The molecule has 0 unspecified atom stereocenters. The Morgan fingerprint density at radius 1 is 0.762 bits per heavy atom. The molecule has 1 nitrogen and oxygen atoms in total. The van der Waals surface area contributed by atoms with Crippen molar-refractivity contribution in [3.63, 3.8) is 0 Å². The molecule has 0 heterocycles. The number of nitrogens with two attached hydrogens (primary N) is 1. The molecule has 0 fully saturated rings. The number of hydrogen-bond donors (Lipinski definition) is 1. The molecule has 2 N–H and O–H groups in total. The molecule has 0 aliphatic rings. The smallest absolute Gasteiger partial charge is 0.0393 e. The van der Waals surface area contributed by atoms with Gasteiger partial charge in [-0.2, -0.15) is 0 Å². The third-order valence-electron chi connectivity index (χ3n) is 3.75. The molecule has 0 aromatic heterocycles. The Labute approximate surface area is 126 Å². The Hall–Kier alpha value is -2.54. The molecule has 0 bridgehead atoms. The van der Waals surface area contributed by atoms with E-state index in [2.05, 4.69) is 61.5 Å². The van der Waals surface area contributed by atoms with Gasteiger partial charge in [0.15, 0.2) is 0 Å². The fourth-order valence-corrected chi connectivity index (χ4v) is 2.65. The second kappa shape index (κ2) is 5.84. The van der Waals surface area contributed by atoms with Crippen LogP contribution in [0.15, 0.2) is 72.8 Å². The number of rotatable bonds is 3. The zero-order chi connectivity index (χ0) is 14.7. The number of aryl methyl sites for hydroxylation is 1. The fourth-order valence-electron chi connectivity index (χ4n) is 2.65. The van der Waals surface area contributed by atoms with Gasteiger partial charge in [0.1, 0.15) is 0 Å². The molecule has 0 aliphatic heterocycles. The highest BCUT2D eigenvalue weighted by molar-refractivity contribution is 5.79. The lowest BCUT2D eigenvalue weighted by Gasteiger charge is -2.13. The summed E-state index contributed by atoms with van der Waals surface area (Å²) in [5, 5.41) is 0. The van der Waals surface area contributed by atoms with Gasteiger partial charge < -0.3 is 5.73 Å². The maximum absolute atomic E-state index is 6.16. The van der Waals surface area contributed by atoms with Crippen LogP contribution in [0.1, 0.15) is 16.7 Å². The summed E-state index contributed by atoms with van der Waals surface area (Å²) >= 11 is 0. The van der Waals surface area contributed by atoms with Crippen molar-refractivity contribution in [1.29, 1.82) is 0 Å². The van der Waals surface area contributed by atoms with E-state index >= 15 is 0 Å². The van der Waals surface area contributed by atoms with Crippen LogP contribution < -0.4 is 5.73 Å². The topological polar surface area (TPSA) is 26.0 Å². The standard InChI is InChI=1S/C20H19N/c1-15-11-12-17(14-16-7-3-2-4-8-16)19(13-15)18-9-5-6-10-20(18)21/h2-13H,14,21H2,1H3. The van der Waals surface area contributed by atoms with Gasteiger partial charge in [0, 0.05) is 11.3 Å². The van der Waals surface area contributed by atoms with Gasteiger partial charge in [0.2, 0.25) is 0 Å². The zero-order valence-electron chi connectivity index (χ0n) is 12.2. The fraction of sp³-hybridized carbons (Fsp3) is 0.100. The first kappa shape index (κ1) is 13.4. The molecule has 0 saturated carbocycles. The summed E-state index contributed by atoms with van der Waals surface area (Å²) in [6.45, 7) is 2.12. The highest BCUT2D eigenvalue weighted by Crippen LogP contribution is 2.31. The van der Waals surface area contributed by atoms with E-state index in [1.807, 2.05) is 18.2 Å². The molecule has 1 heteroatoms. The molecule has 3 aromatic rings. The average molecular weight is 273 g/mol. The summed E-state index contributed by atoms with van der Waals surface area (Å²) in [5.41, 5.74) is 13.2. The minimum Gasteiger partial charge on any atom is -0.398 e. The summed E-state index contributed by atoms with van der Waals surface area (Å²) < 4.78 is 0. The van der Waals surface area contributed by atoms with Crippen LogP contribution in [0, 0.1) is 6.92 Å². The lowest BCUT2D eigenvalue weighted by molar-refractivity contribution is 1.19. The molecule has 3 aromatic carbocycles. The number of anilines is 1. The number of nitrogen functional groups attached to an aromatic ring is 1. The number of para-hydroxylation sites is 1. The van der Waals surface area contributed by atoms with E-state index in [-0.39, 0.29) is 0 Å². The lowest BCUT2D eigenvalue weighted by Crippen LogP contribution is -1.96. The van der Waals surface area contributed by atoms with E-state index < -0.39 is 0 Å². The maximum Gasteiger partial charge on any atom is 0.0393 e. The monoisotopic (exact) mass is 273 g/mol. The van der Waals surface area contributed by atoms with Crippen molar-refractivity contribution in [2.45, 2.75) is 13.3 Å². The van der Waals surface area contributed by atoms with Gasteiger partial charge >= 0.3 is 0 Å². The predicted octanol–water partition coefficient (Wildman–Crippen LogP) is 4.84. The van der Waals surface area contributed by atoms with Gasteiger partial charge in [-0.05, 0) is 36.1 Å². The second-order valence-corrected chi connectivity index (χ2v) is 5.41. The van der Waals surface area contributed by atoms with Crippen molar-refractivity contribution in [1.82, 2.24) is 0 Å². The molecule has 21 heavy (non-hydrogen) atoms. The van der Waals surface area contributed by atoms with Gasteiger partial charge in [-0.15, -0.1) is 0 Å². The van der Waals surface area contributed by atoms with Gasteiger partial charge in [-0.1, -0.05) is 72.3 Å².